The third-order valence-corrected chi connectivity index (χ3v) is 6.42. The lowest BCUT2D eigenvalue weighted by molar-refractivity contribution is -0.132. The van der Waals surface area contributed by atoms with Crippen LogP contribution >= 0.6 is 0 Å². The summed E-state index contributed by atoms with van der Waals surface area (Å²) in [5.41, 5.74) is 0.958. The van der Waals surface area contributed by atoms with Crippen LogP contribution in [0, 0.1) is 0 Å². The molecule has 0 bridgehead atoms. The summed E-state index contributed by atoms with van der Waals surface area (Å²) < 4.78 is 1.58. The van der Waals surface area contributed by atoms with Crippen LogP contribution in [-0.2, 0) is 11.3 Å². The van der Waals surface area contributed by atoms with E-state index in [2.05, 4.69) is 4.90 Å². The van der Waals surface area contributed by atoms with Crippen LogP contribution in [0.3, 0.4) is 0 Å². The van der Waals surface area contributed by atoms with Gasteiger partial charge in [-0.05, 0) is 30.5 Å². The van der Waals surface area contributed by atoms with Gasteiger partial charge in [-0.1, -0.05) is 43.2 Å². The molecule has 0 unspecified atom stereocenters. The zero-order valence-corrected chi connectivity index (χ0v) is 18.6. The van der Waals surface area contributed by atoms with Crippen LogP contribution in [0.25, 0.3) is 0 Å². The van der Waals surface area contributed by atoms with E-state index in [9.17, 15) is 14.4 Å². The van der Waals surface area contributed by atoms with Crippen molar-refractivity contribution < 1.29 is 9.59 Å². The van der Waals surface area contributed by atoms with E-state index in [1.54, 1.807) is 27.8 Å². The molecule has 7 heteroatoms. The number of likely N-dealkylation sites (tertiary alicyclic amines) is 1. The molecule has 2 aliphatic rings. The van der Waals surface area contributed by atoms with Crippen LogP contribution in [0.4, 0.5) is 0 Å². The highest BCUT2D eigenvalue weighted by Gasteiger charge is 2.26. The van der Waals surface area contributed by atoms with Gasteiger partial charge in [0.15, 0.2) is 0 Å². The van der Waals surface area contributed by atoms with Gasteiger partial charge in [-0.15, -0.1) is 0 Å². The van der Waals surface area contributed by atoms with E-state index in [0.29, 0.717) is 39.3 Å². The minimum atomic E-state index is -0.264. The lowest BCUT2D eigenvalue weighted by Gasteiger charge is -2.35. The van der Waals surface area contributed by atoms with Crippen LogP contribution in [-0.4, -0.2) is 76.9 Å². The van der Waals surface area contributed by atoms with Crippen LogP contribution in [0.5, 0.6) is 0 Å². The van der Waals surface area contributed by atoms with Gasteiger partial charge in [-0.3, -0.25) is 19.3 Å². The van der Waals surface area contributed by atoms with Crippen molar-refractivity contribution in [3.8, 4) is 0 Å². The second kappa shape index (κ2) is 10.6. The number of pyridine rings is 1. The maximum atomic E-state index is 13.1. The summed E-state index contributed by atoms with van der Waals surface area (Å²) in [5.74, 6) is -0.0329. The van der Waals surface area contributed by atoms with Crippen LogP contribution in [0.2, 0.25) is 0 Å². The number of piperazine rings is 1. The minimum absolute atomic E-state index is 0.193. The van der Waals surface area contributed by atoms with Crippen molar-refractivity contribution in [3.05, 3.63) is 70.1 Å². The fourth-order valence-corrected chi connectivity index (χ4v) is 4.50. The van der Waals surface area contributed by atoms with Gasteiger partial charge in [0.2, 0.25) is 5.91 Å². The quantitative estimate of drug-likeness (QED) is 0.720. The molecular weight excluding hydrogens is 404 g/mol. The van der Waals surface area contributed by atoms with E-state index in [1.165, 1.54) is 12.8 Å². The number of rotatable bonds is 5. The topological polar surface area (TPSA) is 65.9 Å². The Hall–Kier alpha value is -2.93. The van der Waals surface area contributed by atoms with E-state index in [0.717, 1.165) is 31.5 Å². The highest BCUT2D eigenvalue weighted by molar-refractivity contribution is 5.94. The van der Waals surface area contributed by atoms with Crippen molar-refractivity contribution >= 4 is 11.8 Å². The van der Waals surface area contributed by atoms with E-state index in [4.69, 9.17) is 0 Å². The van der Waals surface area contributed by atoms with Gasteiger partial charge in [-0.2, -0.15) is 0 Å². The van der Waals surface area contributed by atoms with Gasteiger partial charge in [-0.25, -0.2) is 0 Å². The predicted octanol–water partition coefficient (Wildman–Crippen LogP) is 2.06. The molecule has 0 N–H and O–H groups in total. The first-order valence-corrected chi connectivity index (χ1v) is 11.6. The zero-order chi connectivity index (χ0) is 22.3. The third kappa shape index (κ3) is 5.46. The fourth-order valence-electron chi connectivity index (χ4n) is 4.50. The molecule has 3 heterocycles. The molecule has 170 valence electrons. The molecule has 0 radical (unpaired) electrons. The second-order valence-electron chi connectivity index (χ2n) is 8.70. The molecule has 2 aliphatic heterocycles. The number of hydrogen-bond acceptors (Lipinski definition) is 4. The summed E-state index contributed by atoms with van der Waals surface area (Å²) in [5, 5.41) is 0. The predicted molar refractivity (Wildman–Crippen MR) is 124 cm³/mol. The van der Waals surface area contributed by atoms with Crippen LogP contribution in [0.15, 0.2) is 53.5 Å². The first-order valence-electron chi connectivity index (χ1n) is 11.6. The minimum Gasteiger partial charge on any atom is -0.342 e. The zero-order valence-electron chi connectivity index (χ0n) is 18.6. The molecule has 1 aromatic heterocycles. The Balaban J connectivity index is 1.34. The normalized spacial score (nSPS) is 17.8. The molecule has 2 fully saturated rings. The highest BCUT2D eigenvalue weighted by Crippen LogP contribution is 2.12. The first kappa shape index (κ1) is 22.3. The molecule has 2 saturated heterocycles. The van der Waals surface area contributed by atoms with Crippen LogP contribution < -0.4 is 5.56 Å². The number of hydrogen-bond donors (Lipinski definition) is 0. The van der Waals surface area contributed by atoms with Gasteiger partial charge >= 0.3 is 0 Å². The van der Waals surface area contributed by atoms with E-state index < -0.39 is 0 Å². The number of nitrogens with zero attached hydrogens (tertiary/aromatic N) is 4. The van der Waals surface area contributed by atoms with E-state index in [-0.39, 0.29) is 22.9 Å². The molecular formula is C25H32N4O3. The Morgan fingerprint density at radius 3 is 2.12 bits per heavy atom. The highest BCUT2D eigenvalue weighted by atomic mass is 16.2. The largest absolute Gasteiger partial charge is 0.342 e. The summed E-state index contributed by atoms with van der Waals surface area (Å²) in [6.45, 7) is 4.93. The van der Waals surface area contributed by atoms with E-state index >= 15 is 0 Å². The molecule has 4 rings (SSSR count). The number of aromatic nitrogens is 1. The Kier molecular flexibility index (Phi) is 7.37. The SMILES string of the molecule is O=C(CN1CCN(C(=O)c2cccn(Cc3ccccc3)c2=O)CC1)N1CCCCCC1. The monoisotopic (exact) mass is 436 g/mol. The van der Waals surface area contributed by atoms with Gasteiger partial charge < -0.3 is 14.4 Å². The van der Waals surface area contributed by atoms with Gasteiger partial charge in [0.1, 0.15) is 5.56 Å². The summed E-state index contributed by atoms with van der Waals surface area (Å²) in [7, 11) is 0. The van der Waals surface area contributed by atoms with Crippen molar-refractivity contribution in [1.29, 1.82) is 0 Å². The van der Waals surface area contributed by atoms with Crippen molar-refractivity contribution in [2.24, 2.45) is 0 Å². The Labute approximate surface area is 189 Å². The van der Waals surface area contributed by atoms with E-state index in [1.807, 2.05) is 35.2 Å². The molecule has 0 saturated carbocycles. The van der Waals surface area contributed by atoms with Crippen molar-refractivity contribution in [2.75, 3.05) is 45.8 Å². The summed E-state index contributed by atoms with van der Waals surface area (Å²) >= 11 is 0. The van der Waals surface area contributed by atoms with Crippen molar-refractivity contribution in [3.63, 3.8) is 0 Å². The smallest absolute Gasteiger partial charge is 0.263 e. The van der Waals surface area contributed by atoms with Crippen LogP contribution in [0.1, 0.15) is 41.6 Å². The van der Waals surface area contributed by atoms with Gasteiger partial charge in [0.05, 0.1) is 13.1 Å². The lowest BCUT2D eigenvalue weighted by atomic mass is 10.2. The average molecular weight is 437 g/mol. The molecule has 0 atom stereocenters. The second-order valence-corrected chi connectivity index (χ2v) is 8.70. The molecule has 32 heavy (non-hydrogen) atoms. The molecule has 1 aromatic carbocycles. The molecule has 0 aliphatic carbocycles. The van der Waals surface area contributed by atoms with Gasteiger partial charge in [0.25, 0.3) is 11.5 Å². The summed E-state index contributed by atoms with van der Waals surface area (Å²) in [6, 6.07) is 13.1. The standard InChI is InChI=1S/C25H32N4O3/c30-23(27-12-6-1-2-7-13-27)20-26-15-17-28(18-16-26)24(31)22-11-8-14-29(25(22)32)19-21-9-4-3-5-10-21/h3-5,8-11,14H,1-2,6-7,12-13,15-20H2. The van der Waals surface area contributed by atoms with Gasteiger partial charge in [0, 0.05) is 45.5 Å². The number of carbonyl (C=O) groups excluding carboxylic acids is 2. The third-order valence-electron chi connectivity index (χ3n) is 6.42. The lowest BCUT2D eigenvalue weighted by Crippen LogP contribution is -2.52. The molecule has 2 amide bonds. The Morgan fingerprint density at radius 1 is 0.750 bits per heavy atom. The first-order chi connectivity index (χ1) is 15.6. The maximum Gasteiger partial charge on any atom is 0.263 e. The Morgan fingerprint density at radius 2 is 1.44 bits per heavy atom. The summed E-state index contributed by atoms with van der Waals surface area (Å²) in [6.07, 6.45) is 6.31. The number of amides is 2. The summed E-state index contributed by atoms with van der Waals surface area (Å²) in [4.78, 5) is 44.5. The Bertz CT molecular complexity index is 972. The molecule has 0 spiro atoms. The average Bonchev–Trinajstić information content (AvgIpc) is 3.11. The maximum absolute atomic E-state index is 13.1. The molecule has 7 nitrogen and oxygen atoms in total. The number of carbonyl (C=O) groups is 2. The molecule has 2 aromatic rings. The van der Waals surface area contributed by atoms with Crippen molar-refractivity contribution in [2.45, 2.75) is 32.2 Å². The number of benzene rings is 1. The fraction of sp³-hybridized carbons (Fsp3) is 0.480. The van der Waals surface area contributed by atoms with Crippen molar-refractivity contribution in [1.82, 2.24) is 19.3 Å².